The summed E-state index contributed by atoms with van der Waals surface area (Å²) in [6.07, 6.45) is 2.65. The smallest absolute Gasteiger partial charge is 0.0967 e. The molecule has 82 valence electrons. The molecule has 1 saturated carbocycles. The van der Waals surface area contributed by atoms with E-state index in [-0.39, 0.29) is 0 Å². The van der Waals surface area contributed by atoms with Crippen molar-refractivity contribution in [3.05, 3.63) is 23.2 Å². The fourth-order valence-corrected chi connectivity index (χ4v) is 2.13. The molecule has 0 spiro atoms. The van der Waals surface area contributed by atoms with E-state index in [9.17, 15) is 0 Å². The quantitative estimate of drug-likeness (QED) is 0.373. The summed E-state index contributed by atoms with van der Waals surface area (Å²) in [4.78, 5) is 1.04. The van der Waals surface area contributed by atoms with Crippen LogP contribution in [-0.4, -0.2) is 12.5 Å². The Morgan fingerprint density at radius 2 is 2.27 bits per heavy atom. The van der Waals surface area contributed by atoms with Crippen molar-refractivity contribution in [3.8, 4) is 0 Å². The lowest BCUT2D eigenvalue weighted by Crippen LogP contribution is -1.96. The molecule has 0 radical (unpaired) electrons. The predicted molar refractivity (Wildman–Crippen MR) is 65.3 cm³/mol. The van der Waals surface area contributed by atoms with E-state index in [0.29, 0.717) is 11.0 Å². The lowest BCUT2D eigenvalue weighted by Gasteiger charge is -2.06. The van der Waals surface area contributed by atoms with Gasteiger partial charge in [0, 0.05) is 15.6 Å². The molecule has 2 rings (SSSR count). The summed E-state index contributed by atoms with van der Waals surface area (Å²) in [5, 5.41) is 0.677. The Kier molecular flexibility index (Phi) is 3.78. The molecular formula is C11H14ClNOS. The number of halogens is 1. The standard InChI is InChI=1S/C11H14ClNOS/c12-9-3-4-11(10(13)5-9)15-7-14-6-8-1-2-8/h3-5,8H,1-2,6-7,13H2. The van der Waals surface area contributed by atoms with Gasteiger partial charge in [0.25, 0.3) is 0 Å². The summed E-state index contributed by atoms with van der Waals surface area (Å²) in [5.74, 6) is 1.48. The number of hydrogen-bond acceptors (Lipinski definition) is 3. The Labute approximate surface area is 99.1 Å². The highest BCUT2D eigenvalue weighted by atomic mass is 35.5. The first kappa shape index (κ1) is 11.1. The zero-order valence-corrected chi connectivity index (χ0v) is 9.98. The SMILES string of the molecule is Nc1cc(Cl)ccc1SCOCC1CC1. The maximum Gasteiger partial charge on any atom is 0.0967 e. The molecule has 0 heterocycles. The van der Waals surface area contributed by atoms with Gasteiger partial charge in [-0.05, 0) is 37.0 Å². The number of nitrogens with two attached hydrogens (primary N) is 1. The van der Waals surface area contributed by atoms with E-state index in [2.05, 4.69) is 0 Å². The van der Waals surface area contributed by atoms with Crippen molar-refractivity contribution in [3.63, 3.8) is 0 Å². The lowest BCUT2D eigenvalue weighted by atomic mass is 10.3. The van der Waals surface area contributed by atoms with Gasteiger partial charge in [-0.25, -0.2) is 0 Å². The summed E-state index contributed by atoms with van der Waals surface area (Å²) in [6, 6.07) is 5.55. The number of hydrogen-bond donors (Lipinski definition) is 1. The minimum absolute atomic E-state index is 0.669. The summed E-state index contributed by atoms with van der Waals surface area (Å²) >= 11 is 7.43. The highest BCUT2D eigenvalue weighted by Gasteiger charge is 2.20. The van der Waals surface area contributed by atoms with Gasteiger partial charge in [-0.1, -0.05) is 23.4 Å². The number of benzene rings is 1. The van der Waals surface area contributed by atoms with Gasteiger partial charge in [0.05, 0.1) is 12.5 Å². The monoisotopic (exact) mass is 243 g/mol. The highest BCUT2D eigenvalue weighted by Crippen LogP contribution is 2.31. The van der Waals surface area contributed by atoms with E-state index < -0.39 is 0 Å². The first-order valence-corrected chi connectivity index (χ1v) is 6.37. The van der Waals surface area contributed by atoms with Crippen molar-refractivity contribution < 1.29 is 4.74 Å². The molecule has 1 aliphatic rings. The van der Waals surface area contributed by atoms with Crippen LogP contribution in [0.3, 0.4) is 0 Å². The van der Waals surface area contributed by atoms with E-state index in [1.807, 2.05) is 12.1 Å². The van der Waals surface area contributed by atoms with Crippen LogP contribution in [-0.2, 0) is 4.74 Å². The van der Waals surface area contributed by atoms with Crippen LogP contribution in [0.25, 0.3) is 0 Å². The van der Waals surface area contributed by atoms with Crippen LogP contribution in [0.4, 0.5) is 5.69 Å². The number of thioether (sulfide) groups is 1. The molecule has 4 heteroatoms. The van der Waals surface area contributed by atoms with Gasteiger partial charge in [0.15, 0.2) is 0 Å². The molecule has 1 fully saturated rings. The zero-order valence-electron chi connectivity index (χ0n) is 8.41. The van der Waals surface area contributed by atoms with E-state index in [0.717, 1.165) is 23.1 Å². The number of nitrogen functional groups attached to an aromatic ring is 1. The molecule has 1 aromatic rings. The molecule has 2 N–H and O–H groups in total. The van der Waals surface area contributed by atoms with Crippen molar-refractivity contribution in [1.82, 2.24) is 0 Å². The zero-order chi connectivity index (χ0) is 10.7. The van der Waals surface area contributed by atoms with Crippen LogP contribution in [0.15, 0.2) is 23.1 Å². The van der Waals surface area contributed by atoms with E-state index >= 15 is 0 Å². The first-order valence-electron chi connectivity index (χ1n) is 5.01. The Morgan fingerprint density at radius 3 is 2.93 bits per heavy atom. The first-order chi connectivity index (χ1) is 7.25. The van der Waals surface area contributed by atoms with Crippen LogP contribution < -0.4 is 5.73 Å². The topological polar surface area (TPSA) is 35.2 Å². The van der Waals surface area contributed by atoms with E-state index in [1.165, 1.54) is 12.8 Å². The second kappa shape index (κ2) is 5.10. The molecule has 15 heavy (non-hydrogen) atoms. The summed E-state index contributed by atoms with van der Waals surface area (Å²) < 4.78 is 5.52. The molecule has 0 unspecified atom stereocenters. The minimum atomic E-state index is 0.669. The Hall–Kier alpha value is -0.380. The Bertz CT molecular complexity index is 341. The number of rotatable bonds is 5. The largest absolute Gasteiger partial charge is 0.398 e. The van der Waals surface area contributed by atoms with Gasteiger partial charge in [-0.2, -0.15) is 0 Å². The van der Waals surface area contributed by atoms with Crippen molar-refractivity contribution in [1.29, 1.82) is 0 Å². The Morgan fingerprint density at radius 1 is 1.47 bits per heavy atom. The van der Waals surface area contributed by atoms with E-state index in [1.54, 1.807) is 17.8 Å². The van der Waals surface area contributed by atoms with Gasteiger partial charge in [-0.3, -0.25) is 0 Å². The molecule has 0 aliphatic heterocycles. The predicted octanol–water partition coefficient (Wildman–Crippen LogP) is 3.40. The third kappa shape index (κ3) is 3.59. The summed E-state index contributed by atoms with van der Waals surface area (Å²) in [7, 11) is 0. The number of ether oxygens (including phenoxy) is 1. The molecule has 0 saturated heterocycles. The van der Waals surface area contributed by atoms with Gasteiger partial charge in [0.2, 0.25) is 0 Å². The van der Waals surface area contributed by atoms with Crippen LogP contribution in [0, 0.1) is 5.92 Å². The molecular weight excluding hydrogens is 230 g/mol. The minimum Gasteiger partial charge on any atom is -0.398 e. The van der Waals surface area contributed by atoms with Crippen molar-refractivity contribution in [2.75, 3.05) is 18.3 Å². The second-order valence-electron chi connectivity index (χ2n) is 3.76. The van der Waals surface area contributed by atoms with Gasteiger partial charge in [0.1, 0.15) is 0 Å². The summed E-state index contributed by atoms with van der Waals surface area (Å²) in [5.41, 5.74) is 6.54. The molecule has 0 atom stereocenters. The normalized spacial score (nSPS) is 15.5. The summed E-state index contributed by atoms with van der Waals surface area (Å²) in [6.45, 7) is 0.889. The second-order valence-corrected chi connectivity index (χ2v) is 5.16. The van der Waals surface area contributed by atoms with E-state index in [4.69, 9.17) is 22.1 Å². The van der Waals surface area contributed by atoms with Crippen LogP contribution in [0.2, 0.25) is 5.02 Å². The maximum atomic E-state index is 5.81. The molecule has 0 bridgehead atoms. The fourth-order valence-electron chi connectivity index (χ4n) is 1.26. The average Bonchev–Trinajstić information content (AvgIpc) is 2.99. The van der Waals surface area contributed by atoms with Gasteiger partial charge in [-0.15, -0.1) is 0 Å². The van der Waals surface area contributed by atoms with Crippen molar-refractivity contribution in [2.24, 2.45) is 5.92 Å². The van der Waals surface area contributed by atoms with Crippen LogP contribution >= 0.6 is 23.4 Å². The molecule has 2 nitrogen and oxygen atoms in total. The van der Waals surface area contributed by atoms with Crippen LogP contribution in [0.5, 0.6) is 0 Å². The molecule has 0 amide bonds. The van der Waals surface area contributed by atoms with Crippen molar-refractivity contribution in [2.45, 2.75) is 17.7 Å². The van der Waals surface area contributed by atoms with Crippen LogP contribution in [0.1, 0.15) is 12.8 Å². The fraction of sp³-hybridized carbons (Fsp3) is 0.455. The molecule has 1 aliphatic carbocycles. The Balaban J connectivity index is 1.76. The molecule has 0 aromatic heterocycles. The third-order valence-corrected chi connectivity index (χ3v) is 3.52. The average molecular weight is 244 g/mol. The number of anilines is 1. The van der Waals surface area contributed by atoms with Crippen molar-refractivity contribution >= 4 is 29.1 Å². The molecule has 1 aromatic carbocycles. The van der Waals surface area contributed by atoms with Gasteiger partial charge < -0.3 is 10.5 Å². The lowest BCUT2D eigenvalue weighted by molar-refractivity contribution is 0.171. The third-order valence-electron chi connectivity index (χ3n) is 2.32. The highest BCUT2D eigenvalue weighted by molar-refractivity contribution is 7.99. The maximum absolute atomic E-state index is 5.81. The van der Waals surface area contributed by atoms with Gasteiger partial charge >= 0.3 is 0 Å².